The zero-order valence-corrected chi connectivity index (χ0v) is 8.75. The smallest absolute Gasteiger partial charge is 0.330 e. The van der Waals surface area contributed by atoms with Crippen LogP contribution in [0.25, 0.3) is 0 Å². The van der Waals surface area contributed by atoms with Crippen LogP contribution in [0.15, 0.2) is 0 Å². The van der Waals surface area contributed by atoms with Crippen LogP contribution in [0.3, 0.4) is 0 Å². The van der Waals surface area contributed by atoms with Gasteiger partial charge in [-0.1, -0.05) is 13.8 Å². The molecule has 0 fully saturated rings. The first-order chi connectivity index (χ1) is 6.33. The van der Waals surface area contributed by atoms with E-state index in [1.54, 1.807) is 0 Å². The summed E-state index contributed by atoms with van der Waals surface area (Å²) in [5.41, 5.74) is 5.43. The van der Waals surface area contributed by atoms with E-state index in [0.29, 0.717) is 13.1 Å². The molecule has 0 bridgehead atoms. The van der Waals surface area contributed by atoms with Gasteiger partial charge in [-0.3, -0.25) is 0 Å². The summed E-state index contributed by atoms with van der Waals surface area (Å²) >= 11 is 0. The zero-order chi connectivity index (χ0) is 11.2. The third kappa shape index (κ3) is 6.21. The first-order valence-electron chi connectivity index (χ1n) is 4.80. The van der Waals surface area contributed by atoms with Gasteiger partial charge in [0.15, 0.2) is 0 Å². The van der Waals surface area contributed by atoms with Crippen molar-refractivity contribution in [1.29, 1.82) is 0 Å². The van der Waals surface area contributed by atoms with Gasteiger partial charge in [-0.2, -0.15) is 13.2 Å². The van der Waals surface area contributed by atoms with Gasteiger partial charge in [-0.25, -0.2) is 0 Å². The SMILES string of the molecule is CCC(C)(CN)CNCCC(F)(F)F. The molecular weight excluding hydrogens is 193 g/mol. The molecule has 1 unspecified atom stereocenters. The quantitative estimate of drug-likeness (QED) is 0.660. The summed E-state index contributed by atoms with van der Waals surface area (Å²) in [6, 6.07) is 0. The Kier molecular flexibility index (Phi) is 5.44. The van der Waals surface area contributed by atoms with E-state index < -0.39 is 12.6 Å². The Hall–Kier alpha value is -0.290. The maximum Gasteiger partial charge on any atom is 0.390 e. The fourth-order valence-electron chi connectivity index (χ4n) is 0.962. The minimum Gasteiger partial charge on any atom is -0.330 e. The summed E-state index contributed by atoms with van der Waals surface area (Å²) in [6.07, 6.45) is -3.99. The molecule has 0 aromatic carbocycles. The molecule has 1 atom stereocenters. The largest absolute Gasteiger partial charge is 0.390 e. The molecule has 86 valence electrons. The number of hydrogen-bond donors (Lipinski definition) is 2. The lowest BCUT2D eigenvalue weighted by Crippen LogP contribution is -2.38. The van der Waals surface area contributed by atoms with Crippen LogP contribution in [0, 0.1) is 5.41 Å². The molecule has 0 saturated heterocycles. The molecule has 0 aliphatic heterocycles. The molecule has 5 heteroatoms. The number of rotatable bonds is 6. The summed E-state index contributed by atoms with van der Waals surface area (Å²) in [7, 11) is 0. The van der Waals surface area contributed by atoms with Gasteiger partial charge in [0, 0.05) is 13.1 Å². The van der Waals surface area contributed by atoms with Gasteiger partial charge in [-0.05, 0) is 18.4 Å². The van der Waals surface area contributed by atoms with E-state index in [1.165, 1.54) is 0 Å². The Balaban J connectivity index is 3.63. The van der Waals surface area contributed by atoms with E-state index in [0.717, 1.165) is 6.42 Å². The molecule has 2 nitrogen and oxygen atoms in total. The Morgan fingerprint density at radius 3 is 2.21 bits per heavy atom. The van der Waals surface area contributed by atoms with Gasteiger partial charge in [0.05, 0.1) is 6.42 Å². The van der Waals surface area contributed by atoms with Crippen LogP contribution in [0.4, 0.5) is 13.2 Å². The minimum absolute atomic E-state index is 0.0287. The van der Waals surface area contributed by atoms with Gasteiger partial charge in [0.1, 0.15) is 0 Å². The van der Waals surface area contributed by atoms with Gasteiger partial charge >= 0.3 is 6.18 Å². The summed E-state index contributed by atoms with van der Waals surface area (Å²) in [5.74, 6) is 0. The van der Waals surface area contributed by atoms with Crippen molar-refractivity contribution in [2.75, 3.05) is 19.6 Å². The fraction of sp³-hybridized carbons (Fsp3) is 1.00. The topological polar surface area (TPSA) is 38.0 Å². The van der Waals surface area contributed by atoms with Crippen LogP contribution in [-0.2, 0) is 0 Å². The minimum atomic E-state index is -4.07. The first-order valence-corrected chi connectivity index (χ1v) is 4.80. The highest BCUT2D eigenvalue weighted by Gasteiger charge is 2.27. The second-order valence-corrected chi connectivity index (χ2v) is 3.91. The van der Waals surface area contributed by atoms with Gasteiger partial charge < -0.3 is 11.1 Å². The zero-order valence-electron chi connectivity index (χ0n) is 8.75. The molecule has 0 rings (SSSR count). The lowest BCUT2D eigenvalue weighted by atomic mass is 9.88. The molecule has 0 amide bonds. The molecule has 0 saturated carbocycles. The van der Waals surface area contributed by atoms with Crippen molar-refractivity contribution in [2.45, 2.75) is 32.9 Å². The molecule has 0 aromatic heterocycles. The third-order valence-electron chi connectivity index (χ3n) is 2.48. The highest BCUT2D eigenvalue weighted by molar-refractivity contribution is 4.76. The highest BCUT2D eigenvalue weighted by Crippen LogP contribution is 2.20. The number of nitrogens with two attached hydrogens (primary N) is 1. The van der Waals surface area contributed by atoms with Gasteiger partial charge in [0.2, 0.25) is 0 Å². The number of alkyl halides is 3. The first kappa shape index (κ1) is 13.7. The predicted octanol–water partition coefficient (Wildman–Crippen LogP) is 1.90. The maximum atomic E-state index is 11.8. The highest BCUT2D eigenvalue weighted by atomic mass is 19.4. The third-order valence-corrected chi connectivity index (χ3v) is 2.48. The van der Waals surface area contributed by atoms with Crippen molar-refractivity contribution in [3.63, 3.8) is 0 Å². The molecule has 0 heterocycles. The van der Waals surface area contributed by atoms with E-state index in [1.807, 2.05) is 13.8 Å². The van der Waals surface area contributed by atoms with Gasteiger partial charge in [0.25, 0.3) is 0 Å². The predicted molar refractivity (Wildman–Crippen MR) is 51.0 cm³/mol. The van der Waals surface area contributed by atoms with Crippen LogP contribution in [0.2, 0.25) is 0 Å². The fourth-order valence-corrected chi connectivity index (χ4v) is 0.962. The summed E-state index contributed by atoms with van der Waals surface area (Å²) < 4.78 is 35.3. The molecule has 0 radical (unpaired) electrons. The van der Waals surface area contributed by atoms with E-state index in [-0.39, 0.29) is 12.0 Å². The number of nitrogens with one attached hydrogen (secondary N) is 1. The summed E-state index contributed by atoms with van der Waals surface area (Å²) in [4.78, 5) is 0. The van der Waals surface area contributed by atoms with Crippen LogP contribution in [0.1, 0.15) is 26.7 Å². The van der Waals surface area contributed by atoms with Crippen molar-refractivity contribution in [3.8, 4) is 0 Å². The molecule has 0 spiro atoms. The molecule has 3 N–H and O–H groups in total. The van der Waals surface area contributed by atoms with Crippen molar-refractivity contribution in [1.82, 2.24) is 5.32 Å². The van der Waals surface area contributed by atoms with Gasteiger partial charge in [-0.15, -0.1) is 0 Å². The van der Waals surface area contributed by atoms with Crippen molar-refractivity contribution in [3.05, 3.63) is 0 Å². The Bertz CT molecular complexity index is 153. The van der Waals surface area contributed by atoms with Crippen molar-refractivity contribution >= 4 is 0 Å². The Labute approximate surface area is 83.0 Å². The maximum absolute atomic E-state index is 11.8. The van der Waals surface area contributed by atoms with E-state index in [9.17, 15) is 13.2 Å². The number of hydrogen-bond acceptors (Lipinski definition) is 2. The molecule has 0 aromatic rings. The van der Waals surface area contributed by atoms with Crippen LogP contribution < -0.4 is 11.1 Å². The standard InChI is InChI=1S/C9H19F3N2/c1-3-8(2,6-13)7-14-5-4-9(10,11)12/h14H,3-7,13H2,1-2H3. The normalized spacial score (nSPS) is 16.7. The number of halogens is 3. The molecule has 14 heavy (non-hydrogen) atoms. The molecule has 0 aliphatic carbocycles. The van der Waals surface area contributed by atoms with Crippen molar-refractivity contribution < 1.29 is 13.2 Å². The van der Waals surface area contributed by atoms with Crippen LogP contribution in [-0.4, -0.2) is 25.8 Å². The second kappa shape index (κ2) is 5.56. The summed E-state index contributed by atoms with van der Waals surface area (Å²) in [5, 5.41) is 2.78. The van der Waals surface area contributed by atoms with E-state index in [4.69, 9.17) is 5.73 Å². The average molecular weight is 212 g/mol. The Morgan fingerprint density at radius 2 is 1.86 bits per heavy atom. The molecule has 0 aliphatic rings. The van der Waals surface area contributed by atoms with Crippen LogP contribution in [0.5, 0.6) is 0 Å². The van der Waals surface area contributed by atoms with E-state index >= 15 is 0 Å². The second-order valence-electron chi connectivity index (χ2n) is 3.91. The van der Waals surface area contributed by atoms with Crippen molar-refractivity contribution in [2.24, 2.45) is 11.1 Å². The Morgan fingerprint density at radius 1 is 1.29 bits per heavy atom. The average Bonchev–Trinajstić information content (AvgIpc) is 2.11. The summed E-state index contributed by atoms with van der Waals surface area (Å²) in [6.45, 7) is 4.95. The lowest BCUT2D eigenvalue weighted by Gasteiger charge is -2.26. The lowest BCUT2D eigenvalue weighted by molar-refractivity contribution is -0.133. The van der Waals surface area contributed by atoms with E-state index in [2.05, 4.69) is 5.32 Å². The molecular formula is C9H19F3N2. The van der Waals surface area contributed by atoms with Crippen LogP contribution >= 0.6 is 0 Å². The monoisotopic (exact) mass is 212 g/mol.